The summed E-state index contributed by atoms with van der Waals surface area (Å²) in [7, 11) is -3.72. The third kappa shape index (κ3) is 6.76. The molecule has 0 heterocycles. The molecule has 24 heavy (non-hydrogen) atoms. The molecule has 0 aliphatic heterocycles. The Bertz CT molecular complexity index is 535. The Kier molecular flexibility index (Phi) is 7.66. The number of rotatable bonds is 9. The van der Waals surface area contributed by atoms with Crippen molar-refractivity contribution in [3.8, 4) is 0 Å². The lowest BCUT2D eigenvalue weighted by molar-refractivity contribution is -0.139. The van der Waals surface area contributed by atoms with Crippen molar-refractivity contribution in [2.24, 2.45) is 5.92 Å². The van der Waals surface area contributed by atoms with Gasteiger partial charge in [-0.15, -0.1) is 0 Å². The third-order valence-corrected chi connectivity index (χ3v) is 6.27. The highest BCUT2D eigenvalue weighted by molar-refractivity contribution is 7.90. The molecule has 1 amide bonds. The maximum Gasteiger partial charge on any atom is 0.305 e. The molecule has 0 aromatic heterocycles. The molecule has 1 fully saturated rings. The molecule has 0 spiro atoms. The monoisotopic (exact) mass is 362 g/mol. The number of aliphatic carboxylic acids is 1. The zero-order valence-corrected chi connectivity index (χ0v) is 15.6. The molecule has 1 aliphatic rings. The third-order valence-electron chi connectivity index (χ3n) is 4.93. The average molecular weight is 362 g/mol. The highest BCUT2D eigenvalue weighted by Gasteiger charge is 2.33. The van der Waals surface area contributed by atoms with Gasteiger partial charge in [-0.3, -0.25) is 9.59 Å². The first-order chi connectivity index (χ1) is 11.1. The first kappa shape index (κ1) is 20.9. The second-order valence-electron chi connectivity index (χ2n) is 6.94. The van der Waals surface area contributed by atoms with Gasteiger partial charge in [-0.25, -0.2) is 13.1 Å². The van der Waals surface area contributed by atoms with Gasteiger partial charge >= 0.3 is 5.97 Å². The van der Waals surface area contributed by atoms with E-state index in [4.69, 9.17) is 5.11 Å². The van der Waals surface area contributed by atoms with Crippen molar-refractivity contribution in [1.29, 1.82) is 0 Å². The predicted molar refractivity (Wildman–Crippen MR) is 92.1 cm³/mol. The van der Waals surface area contributed by atoms with Crippen LogP contribution in [0.1, 0.15) is 65.7 Å². The number of hydrogen-bond donors (Lipinski definition) is 3. The molecule has 1 rings (SSSR count). The zero-order chi connectivity index (χ0) is 18.4. The molecule has 1 saturated carbocycles. The van der Waals surface area contributed by atoms with Crippen LogP contribution in [-0.4, -0.2) is 42.7 Å². The molecular formula is C16H30N2O5S. The Morgan fingerprint density at radius 1 is 1.12 bits per heavy atom. The van der Waals surface area contributed by atoms with E-state index in [1.807, 2.05) is 0 Å². The minimum atomic E-state index is -3.72. The van der Waals surface area contributed by atoms with Crippen LogP contribution in [0.15, 0.2) is 0 Å². The molecule has 1 aliphatic carbocycles. The van der Waals surface area contributed by atoms with Crippen LogP contribution in [-0.2, 0) is 19.6 Å². The first-order valence-electron chi connectivity index (χ1n) is 8.64. The van der Waals surface area contributed by atoms with Crippen molar-refractivity contribution < 1.29 is 23.1 Å². The lowest BCUT2D eigenvalue weighted by atomic mass is 9.88. The van der Waals surface area contributed by atoms with Crippen LogP contribution in [0, 0.1) is 5.92 Å². The van der Waals surface area contributed by atoms with Gasteiger partial charge in [-0.2, -0.15) is 0 Å². The van der Waals surface area contributed by atoms with E-state index in [1.54, 1.807) is 13.8 Å². The molecule has 0 unspecified atom stereocenters. The summed E-state index contributed by atoms with van der Waals surface area (Å²) in [4.78, 5) is 23.2. The SMILES string of the molecule is CCC(CC)(CC(=O)O)NC(=O)CS(=O)(=O)NC1CCC(C)CC1. The molecule has 0 aromatic carbocycles. The normalized spacial score (nSPS) is 22.1. The second kappa shape index (κ2) is 8.80. The Morgan fingerprint density at radius 2 is 1.67 bits per heavy atom. The minimum absolute atomic E-state index is 0.111. The summed E-state index contributed by atoms with van der Waals surface area (Å²) in [5.74, 6) is -1.73. The molecule has 8 heteroatoms. The van der Waals surface area contributed by atoms with Crippen LogP contribution in [0.4, 0.5) is 0 Å². The van der Waals surface area contributed by atoms with E-state index in [0.29, 0.717) is 18.8 Å². The summed E-state index contributed by atoms with van der Waals surface area (Å²) in [6.07, 6.45) is 4.16. The van der Waals surface area contributed by atoms with Crippen molar-refractivity contribution in [3.63, 3.8) is 0 Å². The zero-order valence-electron chi connectivity index (χ0n) is 14.8. The van der Waals surface area contributed by atoms with Gasteiger partial charge in [-0.05, 0) is 44.4 Å². The molecular weight excluding hydrogens is 332 g/mol. The summed E-state index contributed by atoms with van der Waals surface area (Å²) in [6, 6.07) is -0.111. The van der Waals surface area contributed by atoms with Crippen molar-refractivity contribution in [2.45, 2.75) is 77.3 Å². The van der Waals surface area contributed by atoms with Gasteiger partial charge in [0.1, 0.15) is 5.75 Å². The second-order valence-corrected chi connectivity index (χ2v) is 8.69. The lowest BCUT2D eigenvalue weighted by Gasteiger charge is -2.31. The Hall–Kier alpha value is -1.15. The number of amides is 1. The van der Waals surface area contributed by atoms with Crippen LogP contribution in [0.3, 0.4) is 0 Å². The molecule has 0 bridgehead atoms. The fourth-order valence-electron chi connectivity index (χ4n) is 3.19. The first-order valence-corrected chi connectivity index (χ1v) is 10.3. The maximum atomic E-state index is 12.2. The average Bonchev–Trinajstić information content (AvgIpc) is 2.47. The lowest BCUT2D eigenvalue weighted by Crippen LogP contribution is -2.52. The fourth-order valence-corrected chi connectivity index (χ4v) is 4.43. The Morgan fingerprint density at radius 3 is 2.12 bits per heavy atom. The molecule has 0 aromatic rings. The summed E-state index contributed by atoms with van der Waals surface area (Å²) in [5.41, 5.74) is -0.904. The number of carbonyl (C=O) groups excluding carboxylic acids is 1. The van der Waals surface area contributed by atoms with E-state index >= 15 is 0 Å². The molecule has 3 N–H and O–H groups in total. The summed E-state index contributed by atoms with van der Waals surface area (Å²) < 4.78 is 27.0. The van der Waals surface area contributed by atoms with Gasteiger partial charge in [-0.1, -0.05) is 20.8 Å². The van der Waals surface area contributed by atoms with E-state index in [2.05, 4.69) is 17.0 Å². The van der Waals surface area contributed by atoms with Crippen molar-refractivity contribution in [2.75, 3.05) is 5.75 Å². The predicted octanol–water partition coefficient (Wildman–Crippen LogP) is 1.63. The van der Waals surface area contributed by atoms with Crippen molar-refractivity contribution >= 4 is 21.9 Å². The van der Waals surface area contributed by atoms with Gasteiger partial charge in [0.2, 0.25) is 15.9 Å². The summed E-state index contributed by atoms with van der Waals surface area (Å²) >= 11 is 0. The highest BCUT2D eigenvalue weighted by Crippen LogP contribution is 2.24. The standard InChI is InChI=1S/C16H30N2O5S/c1-4-16(5-2,10-15(20)21)17-14(19)11-24(22,23)18-13-8-6-12(3)7-9-13/h12-13,18H,4-11H2,1-3H3,(H,17,19)(H,20,21). The summed E-state index contributed by atoms with van der Waals surface area (Å²) in [6.45, 7) is 5.71. The number of sulfonamides is 1. The van der Waals surface area contributed by atoms with Gasteiger partial charge in [0.15, 0.2) is 0 Å². The van der Waals surface area contributed by atoms with Gasteiger partial charge in [0.25, 0.3) is 0 Å². The van der Waals surface area contributed by atoms with E-state index in [1.165, 1.54) is 0 Å². The molecule has 0 atom stereocenters. The number of hydrogen-bond acceptors (Lipinski definition) is 4. The van der Waals surface area contributed by atoms with E-state index in [9.17, 15) is 18.0 Å². The molecule has 0 radical (unpaired) electrons. The number of carbonyl (C=O) groups is 2. The van der Waals surface area contributed by atoms with Crippen LogP contribution in [0.25, 0.3) is 0 Å². The number of carboxylic acids is 1. The van der Waals surface area contributed by atoms with E-state index in [-0.39, 0.29) is 12.5 Å². The Labute approximate surface area is 144 Å². The fraction of sp³-hybridized carbons (Fsp3) is 0.875. The molecule has 0 saturated heterocycles. The molecule has 140 valence electrons. The topological polar surface area (TPSA) is 113 Å². The quantitative estimate of drug-likeness (QED) is 0.577. The number of carboxylic acid groups (broad SMARTS) is 1. The Balaban J connectivity index is 2.62. The smallest absolute Gasteiger partial charge is 0.305 e. The van der Waals surface area contributed by atoms with Gasteiger partial charge in [0, 0.05) is 11.6 Å². The summed E-state index contributed by atoms with van der Waals surface area (Å²) in [5, 5.41) is 11.6. The van der Waals surface area contributed by atoms with E-state index in [0.717, 1.165) is 25.7 Å². The minimum Gasteiger partial charge on any atom is -0.481 e. The van der Waals surface area contributed by atoms with Gasteiger partial charge in [0.05, 0.1) is 6.42 Å². The largest absolute Gasteiger partial charge is 0.481 e. The highest BCUT2D eigenvalue weighted by atomic mass is 32.2. The van der Waals surface area contributed by atoms with E-state index < -0.39 is 33.2 Å². The van der Waals surface area contributed by atoms with Crippen molar-refractivity contribution in [3.05, 3.63) is 0 Å². The number of nitrogens with one attached hydrogen (secondary N) is 2. The molecule has 7 nitrogen and oxygen atoms in total. The van der Waals surface area contributed by atoms with Crippen molar-refractivity contribution in [1.82, 2.24) is 10.0 Å². The maximum absolute atomic E-state index is 12.2. The van der Waals surface area contributed by atoms with Crippen LogP contribution >= 0.6 is 0 Å². The van der Waals surface area contributed by atoms with Crippen LogP contribution in [0.2, 0.25) is 0 Å². The van der Waals surface area contributed by atoms with Crippen LogP contribution in [0.5, 0.6) is 0 Å². The van der Waals surface area contributed by atoms with Crippen LogP contribution < -0.4 is 10.0 Å². The van der Waals surface area contributed by atoms with Gasteiger partial charge < -0.3 is 10.4 Å².